The number of aromatic nitrogens is 3. The summed E-state index contributed by atoms with van der Waals surface area (Å²) in [6.45, 7) is 4.69. The van der Waals surface area contributed by atoms with Crippen LogP contribution in [0.15, 0.2) is 91.5 Å². The van der Waals surface area contributed by atoms with Gasteiger partial charge < -0.3 is 73.0 Å². The number of rotatable bonds is 13. The fraction of sp³-hybridized carbons (Fsp3) is 0.471. The Kier molecular flexibility index (Phi) is 25.7. The summed E-state index contributed by atoms with van der Waals surface area (Å²) in [6.07, 6.45) is 5.99. The topological polar surface area (TPSA) is 375 Å². The zero-order chi connectivity index (χ0) is 71.1. The first-order chi connectivity index (χ1) is 47.4. The lowest BCUT2D eigenvalue weighted by molar-refractivity contribution is -0.147. The van der Waals surface area contributed by atoms with E-state index in [2.05, 4.69) is 46.9 Å². The molecule has 6 aromatic rings. The maximum atomic E-state index is 15.4. The third-order valence-electron chi connectivity index (χ3n) is 18.5. The van der Waals surface area contributed by atoms with Crippen molar-refractivity contribution in [2.75, 3.05) is 38.2 Å². The molecule has 530 valence electrons. The zero-order valence-corrected chi connectivity index (χ0v) is 57.4. The van der Waals surface area contributed by atoms with Gasteiger partial charge in [0.2, 0.25) is 53.2 Å². The third-order valence-corrected chi connectivity index (χ3v) is 20.6. The van der Waals surface area contributed by atoms with Crippen LogP contribution < -0.4 is 48.1 Å². The number of aliphatic hydroxyl groups is 1. The van der Waals surface area contributed by atoms with E-state index < -0.39 is 130 Å². The van der Waals surface area contributed by atoms with Gasteiger partial charge in [-0.25, -0.2) is 8.78 Å². The predicted molar refractivity (Wildman–Crippen MR) is 370 cm³/mol. The van der Waals surface area contributed by atoms with Crippen molar-refractivity contribution in [2.24, 2.45) is 17.4 Å². The van der Waals surface area contributed by atoms with Gasteiger partial charge in [-0.3, -0.25) is 52.9 Å². The number of ketones is 1. The number of hydrogen-bond donors (Lipinski definition) is 11. The van der Waals surface area contributed by atoms with Crippen LogP contribution in [0.25, 0.3) is 21.8 Å². The van der Waals surface area contributed by atoms with Gasteiger partial charge >= 0.3 is 0 Å². The minimum Gasteiger partial charge on any atom is -0.497 e. The summed E-state index contributed by atoms with van der Waals surface area (Å²) in [6, 6.07) is 6.97. The van der Waals surface area contributed by atoms with Crippen molar-refractivity contribution in [3.05, 3.63) is 131 Å². The molecule has 0 spiro atoms. The number of halogens is 2. The van der Waals surface area contributed by atoms with Crippen LogP contribution in [0.1, 0.15) is 106 Å². The van der Waals surface area contributed by atoms with Crippen molar-refractivity contribution in [3.63, 3.8) is 0 Å². The van der Waals surface area contributed by atoms with Gasteiger partial charge in [-0.2, -0.15) is 23.5 Å². The molecule has 0 radical (unpaired) electrons. The molecule has 0 aliphatic carbocycles. The first kappa shape index (κ1) is 74.3. The normalized spacial score (nSPS) is 24.8. The first-order valence-electron chi connectivity index (χ1n) is 33.3. The number of carbonyl (C=O) groups excluding carboxylic acids is 10. The van der Waals surface area contributed by atoms with Crippen LogP contribution in [0.3, 0.4) is 0 Å². The van der Waals surface area contributed by atoms with E-state index in [1.54, 1.807) is 56.0 Å². The van der Waals surface area contributed by atoms with E-state index in [0.717, 1.165) is 11.1 Å². The van der Waals surface area contributed by atoms with Gasteiger partial charge in [-0.15, -0.1) is 0 Å². The number of nitrogens with two attached hydrogens (primary N) is 2. The second kappa shape index (κ2) is 34.2. The number of hydrogen-bond acceptors (Lipinski definition) is 16. The molecule has 3 aromatic heterocycles. The second-order valence-corrected chi connectivity index (χ2v) is 28.0. The van der Waals surface area contributed by atoms with E-state index in [4.69, 9.17) is 16.2 Å². The minimum atomic E-state index is -1.75. The van der Waals surface area contributed by atoms with Crippen LogP contribution in [0.5, 0.6) is 5.75 Å². The molecule has 6 heterocycles. The number of fused-ring (bicyclic) bond motifs is 6. The van der Waals surface area contributed by atoms with E-state index in [1.165, 1.54) is 90.7 Å². The molecular formula is C70H87F2N13O12S2. The lowest BCUT2D eigenvalue weighted by Crippen LogP contribution is -2.64. The molecule has 3 aliphatic rings. The van der Waals surface area contributed by atoms with Crippen LogP contribution >= 0.6 is 23.5 Å². The molecule has 9 rings (SSSR count). The monoisotopic (exact) mass is 1400 g/mol. The third kappa shape index (κ3) is 19.1. The first-order valence-corrected chi connectivity index (χ1v) is 35.6. The number of ether oxygens (including phenoxy) is 1. The van der Waals surface area contributed by atoms with E-state index in [1.807, 2.05) is 6.07 Å². The van der Waals surface area contributed by atoms with Crippen LogP contribution in [-0.4, -0.2) is 181 Å². The average molecular weight is 1400 g/mol. The van der Waals surface area contributed by atoms with Gasteiger partial charge in [-0.05, 0) is 142 Å². The van der Waals surface area contributed by atoms with Gasteiger partial charge in [-0.1, -0.05) is 25.1 Å². The lowest BCUT2D eigenvalue weighted by Gasteiger charge is -2.37. The molecule has 99 heavy (non-hydrogen) atoms. The van der Waals surface area contributed by atoms with Gasteiger partial charge in [0, 0.05) is 121 Å². The summed E-state index contributed by atoms with van der Waals surface area (Å²) in [7, 11) is 1.48. The number of thioether (sulfide) groups is 2. The maximum Gasteiger partial charge on any atom is 0.246 e. The molecule has 29 heteroatoms. The highest BCUT2D eigenvalue weighted by atomic mass is 32.2. The molecule has 2 saturated heterocycles. The Bertz CT molecular complexity index is 3930. The van der Waals surface area contributed by atoms with Crippen molar-refractivity contribution in [2.45, 2.75) is 163 Å². The fourth-order valence-corrected chi connectivity index (χ4v) is 14.8. The summed E-state index contributed by atoms with van der Waals surface area (Å²) >= 11 is 2.78. The molecule has 3 aliphatic heterocycles. The summed E-state index contributed by atoms with van der Waals surface area (Å²) in [5.41, 5.74) is 14.1. The number of amides is 9. The van der Waals surface area contributed by atoms with E-state index in [-0.39, 0.29) is 76.6 Å². The SMILES string of the molecule is COc1ccc(C[C@@H]2NC(=O)[C@H]([C@@H](C)O)NC(=O)[C@@H]3CCCN3C(=O)[C@H](Cc3c[nH]c4cc(F)ccc34)NC(=O)[C@H](Cc3c[nH]c4ccc(F)cc34)NC(=O)[C@@H](C)CC(=O)[C@H](CCCCN)NC(=O)CCSCc3cncc(c3)CSC[C@@H](C(N)=O)NC(=O)[C@]3(C)CCCN3C2=O)cc1. The largest absolute Gasteiger partial charge is 0.497 e. The number of aromatic amines is 2. The number of nitrogens with one attached hydrogen (secondary N) is 8. The van der Waals surface area contributed by atoms with Crippen molar-refractivity contribution in [3.8, 4) is 5.75 Å². The molecule has 13 N–H and O–H groups in total. The number of H-pyrrole nitrogens is 2. The quantitative estimate of drug-likeness (QED) is 0.0733. The van der Waals surface area contributed by atoms with Crippen molar-refractivity contribution in [1.82, 2.24) is 56.7 Å². The van der Waals surface area contributed by atoms with Gasteiger partial charge in [0.25, 0.3) is 0 Å². The summed E-state index contributed by atoms with van der Waals surface area (Å²) in [5, 5.41) is 28.9. The molecule has 3 aromatic carbocycles. The van der Waals surface area contributed by atoms with Crippen molar-refractivity contribution >= 4 is 104 Å². The maximum absolute atomic E-state index is 15.4. The summed E-state index contributed by atoms with van der Waals surface area (Å²) < 4.78 is 34.9. The van der Waals surface area contributed by atoms with Crippen LogP contribution in [0, 0.1) is 17.6 Å². The molecule has 2 bridgehead atoms. The van der Waals surface area contributed by atoms with Crippen molar-refractivity contribution in [1.29, 1.82) is 0 Å². The highest BCUT2D eigenvalue weighted by Crippen LogP contribution is 2.32. The molecule has 25 nitrogen and oxygen atoms in total. The number of benzene rings is 3. The number of Topliss-reactive ketones (excluding diaryl/α,β-unsaturated/α-hetero) is 1. The van der Waals surface area contributed by atoms with E-state index >= 15 is 14.4 Å². The Morgan fingerprint density at radius 3 is 2.11 bits per heavy atom. The Morgan fingerprint density at radius 1 is 0.727 bits per heavy atom. The smallest absolute Gasteiger partial charge is 0.246 e. The fourth-order valence-electron chi connectivity index (χ4n) is 12.9. The van der Waals surface area contributed by atoms with Gasteiger partial charge in [0.1, 0.15) is 59.2 Å². The van der Waals surface area contributed by atoms with Crippen LogP contribution in [0.2, 0.25) is 0 Å². The highest BCUT2D eigenvalue weighted by molar-refractivity contribution is 7.98. The number of pyridine rings is 1. The lowest BCUT2D eigenvalue weighted by atomic mass is 9.95. The number of nitrogens with zero attached hydrogens (tertiary/aromatic N) is 3. The molecule has 2 fully saturated rings. The number of primary amides is 1. The number of unbranched alkanes of at least 4 members (excludes halogenated alkanes) is 1. The van der Waals surface area contributed by atoms with Crippen molar-refractivity contribution < 1.29 is 66.6 Å². The number of aliphatic hydroxyl groups excluding tert-OH is 1. The standard InChI is InChI=1S/C70H87F2N13O12S2/c1-39-25-59(87)52(9-5-6-21-73)78-60(88)19-24-98-36-42-26-43(33-75-32-42)37-99-38-57(62(74)89)82-69(96)70(3)20-8-23-85(70)68(95)55(27-41-11-15-48(97-4)16-12-41)81-66(93)61(40(2)86)83-65(92)58-10-7-22-84(58)67(94)56(29-44-34-77-53-31-47(72)13-17-49(44)53)80-64(91)54(79-63(39)90)28-45-35-76-51-18-14-46(71)30-50(45)51/h11-18,26,30-35,39-40,52,54-58,61,76-77,86H,5-10,19-25,27-29,36-38,73H2,1-4H3,(H2,74,89)(H,78,88)(H,79,90)(H,80,91)(H,81,93)(H,82,96)(H,83,92)/t39-,40+,52-,54-,55-,56-,57-,58-,61-,70-/m0/s1. The highest BCUT2D eigenvalue weighted by Gasteiger charge is 2.49. The number of methoxy groups -OCH3 is 1. The second-order valence-electron chi connectivity index (χ2n) is 25.9. The Morgan fingerprint density at radius 2 is 1.39 bits per heavy atom. The molecule has 0 saturated carbocycles. The van der Waals surface area contributed by atoms with Gasteiger partial charge in [0.15, 0.2) is 5.78 Å². The predicted octanol–water partition coefficient (Wildman–Crippen LogP) is 3.80. The summed E-state index contributed by atoms with van der Waals surface area (Å²) in [4.78, 5) is 158. The zero-order valence-electron chi connectivity index (χ0n) is 55.8. The summed E-state index contributed by atoms with van der Waals surface area (Å²) in [5.74, 6) is -7.73. The van der Waals surface area contributed by atoms with E-state index in [0.29, 0.717) is 87.3 Å². The average Bonchev–Trinajstić information content (AvgIpc) is 1.69. The Balaban J connectivity index is 1.04. The van der Waals surface area contributed by atoms with Crippen LogP contribution in [0.4, 0.5) is 8.78 Å². The van der Waals surface area contributed by atoms with E-state index in [9.17, 15) is 47.4 Å². The molecule has 0 unspecified atom stereocenters. The van der Waals surface area contributed by atoms with Crippen LogP contribution in [-0.2, 0) is 78.7 Å². The minimum absolute atomic E-state index is 0.0289. The molecular weight excluding hydrogens is 1320 g/mol. The molecule has 9 amide bonds. The molecule has 10 atom stereocenters. The number of carbonyl (C=O) groups is 10. The van der Waals surface area contributed by atoms with Gasteiger partial charge in [0.05, 0.1) is 19.3 Å². The Labute approximate surface area is 580 Å². The Hall–Kier alpha value is -8.93.